The van der Waals surface area contributed by atoms with Crippen molar-refractivity contribution in [2.24, 2.45) is 10.8 Å². The predicted octanol–water partition coefficient (Wildman–Crippen LogP) is 3.16. The van der Waals surface area contributed by atoms with Gasteiger partial charge in [-0.05, 0) is 30.6 Å². The smallest absolute Gasteiger partial charge is 0.314 e. The molecule has 96 valence electrons. The fraction of sp³-hybridized carbons (Fsp3) is 0.923. The molecule has 0 fully saturated rings. The van der Waals surface area contributed by atoms with Crippen molar-refractivity contribution in [2.75, 3.05) is 13.1 Å². The zero-order chi connectivity index (χ0) is 12.8. The Morgan fingerprint density at radius 3 is 2.06 bits per heavy atom. The Balaban J connectivity index is 3.78. The third kappa shape index (κ3) is 5.38. The molecule has 16 heavy (non-hydrogen) atoms. The van der Waals surface area contributed by atoms with E-state index in [-0.39, 0.29) is 6.03 Å². The molecule has 0 aliphatic rings. The van der Waals surface area contributed by atoms with Crippen molar-refractivity contribution in [1.29, 1.82) is 0 Å². The summed E-state index contributed by atoms with van der Waals surface area (Å²) in [6.07, 6.45) is 2.16. The number of hydrogen-bond acceptors (Lipinski definition) is 1. The lowest BCUT2D eigenvalue weighted by molar-refractivity contribution is 0.117. The van der Waals surface area contributed by atoms with Crippen molar-refractivity contribution in [3.63, 3.8) is 0 Å². The molecule has 3 heteroatoms. The molecule has 3 nitrogen and oxygen atoms in total. The van der Waals surface area contributed by atoms with Crippen LogP contribution in [0.2, 0.25) is 0 Å². The van der Waals surface area contributed by atoms with Crippen LogP contribution in [0.25, 0.3) is 0 Å². The van der Waals surface area contributed by atoms with E-state index in [1.807, 2.05) is 6.92 Å². The van der Waals surface area contributed by atoms with Crippen molar-refractivity contribution in [3.05, 3.63) is 0 Å². The minimum absolute atomic E-state index is 0.0592. The van der Waals surface area contributed by atoms with E-state index >= 15 is 0 Å². The number of hydrogen-bond donors (Lipinski definition) is 2. The van der Waals surface area contributed by atoms with Gasteiger partial charge in [0, 0.05) is 13.1 Å². The van der Waals surface area contributed by atoms with Gasteiger partial charge in [-0.3, -0.25) is 0 Å². The maximum atomic E-state index is 11.1. The molecule has 0 atom stereocenters. The standard InChI is InChI=1S/C13H28N2O/c1-7-14-11(16)15-10-8-9-13(5,6)12(2,3)4/h7-10H2,1-6H3,(H2,14,15,16). The molecule has 2 amide bonds. The first-order valence-electron chi connectivity index (χ1n) is 6.22. The molecule has 0 aromatic carbocycles. The third-order valence-corrected chi connectivity index (χ3v) is 3.63. The summed E-state index contributed by atoms with van der Waals surface area (Å²) >= 11 is 0. The van der Waals surface area contributed by atoms with Gasteiger partial charge in [0.2, 0.25) is 0 Å². The Hall–Kier alpha value is -0.730. The monoisotopic (exact) mass is 228 g/mol. The summed E-state index contributed by atoms with van der Waals surface area (Å²) in [5.41, 5.74) is 0.606. The second kappa shape index (κ2) is 6.12. The first kappa shape index (κ1) is 15.3. The third-order valence-electron chi connectivity index (χ3n) is 3.63. The summed E-state index contributed by atoms with van der Waals surface area (Å²) in [6.45, 7) is 14.7. The van der Waals surface area contributed by atoms with E-state index in [9.17, 15) is 4.79 Å². The fourth-order valence-electron chi connectivity index (χ4n) is 1.33. The summed E-state index contributed by atoms with van der Waals surface area (Å²) in [6, 6.07) is -0.0592. The van der Waals surface area contributed by atoms with Gasteiger partial charge in [0.15, 0.2) is 0 Å². The minimum atomic E-state index is -0.0592. The maximum Gasteiger partial charge on any atom is 0.314 e. The lowest BCUT2D eigenvalue weighted by Crippen LogP contribution is -2.36. The van der Waals surface area contributed by atoms with E-state index in [1.54, 1.807) is 0 Å². The summed E-state index contributed by atoms with van der Waals surface area (Å²) in [5.74, 6) is 0. The number of carbonyl (C=O) groups is 1. The van der Waals surface area contributed by atoms with Crippen LogP contribution in [0.3, 0.4) is 0 Å². The quantitative estimate of drug-likeness (QED) is 0.697. The fourth-order valence-corrected chi connectivity index (χ4v) is 1.33. The minimum Gasteiger partial charge on any atom is -0.338 e. The summed E-state index contributed by atoms with van der Waals surface area (Å²) < 4.78 is 0. The van der Waals surface area contributed by atoms with Gasteiger partial charge in [0.25, 0.3) is 0 Å². The van der Waals surface area contributed by atoms with Gasteiger partial charge in [0.1, 0.15) is 0 Å². The zero-order valence-electron chi connectivity index (χ0n) is 11.7. The van der Waals surface area contributed by atoms with Crippen molar-refractivity contribution in [3.8, 4) is 0 Å². The van der Waals surface area contributed by atoms with Gasteiger partial charge >= 0.3 is 6.03 Å². The Morgan fingerprint density at radius 1 is 1.06 bits per heavy atom. The van der Waals surface area contributed by atoms with E-state index in [4.69, 9.17) is 0 Å². The normalized spacial score (nSPS) is 12.4. The lowest BCUT2D eigenvalue weighted by atomic mass is 9.67. The Bertz CT molecular complexity index is 216. The van der Waals surface area contributed by atoms with E-state index in [1.165, 1.54) is 0 Å². The second-order valence-corrected chi connectivity index (χ2v) is 6.02. The molecule has 0 bridgehead atoms. The highest BCUT2D eigenvalue weighted by atomic mass is 16.2. The first-order chi connectivity index (χ1) is 7.20. The van der Waals surface area contributed by atoms with E-state index in [0.717, 1.165) is 19.4 Å². The molecule has 0 saturated carbocycles. The van der Waals surface area contributed by atoms with Crippen LogP contribution >= 0.6 is 0 Å². The van der Waals surface area contributed by atoms with Crippen molar-refractivity contribution >= 4 is 6.03 Å². The number of nitrogens with one attached hydrogen (secondary N) is 2. The first-order valence-corrected chi connectivity index (χ1v) is 6.22. The van der Waals surface area contributed by atoms with Crippen LogP contribution in [0, 0.1) is 10.8 Å². The van der Waals surface area contributed by atoms with Crippen LogP contribution in [0.4, 0.5) is 4.79 Å². The van der Waals surface area contributed by atoms with Crippen molar-refractivity contribution in [2.45, 2.75) is 54.4 Å². The molecular formula is C13H28N2O. The zero-order valence-corrected chi connectivity index (χ0v) is 11.7. The average Bonchev–Trinajstić information content (AvgIpc) is 2.11. The van der Waals surface area contributed by atoms with Gasteiger partial charge in [-0.2, -0.15) is 0 Å². The van der Waals surface area contributed by atoms with Crippen LogP contribution in [-0.2, 0) is 0 Å². The number of carbonyl (C=O) groups excluding carboxylic acids is 1. The molecule has 0 spiro atoms. The van der Waals surface area contributed by atoms with Gasteiger partial charge in [-0.25, -0.2) is 4.79 Å². The molecule has 2 N–H and O–H groups in total. The summed E-state index contributed by atoms with van der Waals surface area (Å²) in [7, 11) is 0. The predicted molar refractivity (Wildman–Crippen MR) is 69.5 cm³/mol. The Kier molecular flexibility index (Phi) is 5.84. The maximum absolute atomic E-state index is 11.1. The SMILES string of the molecule is CCNC(=O)NCCCC(C)(C)C(C)(C)C. The molecular weight excluding hydrogens is 200 g/mol. The number of rotatable bonds is 5. The molecule has 0 heterocycles. The highest BCUT2D eigenvalue weighted by Crippen LogP contribution is 2.41. The molecule has 0 aromatic rings. The number of urea groups is 1. The Morgan fingerprint density at radius 2 is 1.62 bits per heavy atom. The molecule has 0 aromatic heterocycles. The molecule has 0 aliphatic carbocycles. The second-order valence-electron chi connectivity index (χ2n) is 6.02. The van der Waals surface area contributed by atoms with E-state index in [2.05, 4.69) is 45.3 Å². The topological polar surface area (TPSA) is 41.1 Å². The largest absolute Gasteiger partial charge is 0.338 e. The molecule has 0 unspecified atom stereocenters. The van der Waals surface area contributed by atoms with Gasteiger partial charge in [0.05, 0.1) is 0 Å². The number of amides is 2. The summed E-state index contributed by atoms with van der Waals surface area (Å²) in [5, 5.41) is 5.58. The Labute approximate surface area is 100 Å². The van der Waals surface area contributed by atoms with Gasteiger partial charge in [-0.1, -0.05) is 34.6 Å². The molecule has 0 saturated heterocycles. The molecule has 0 radical (unpaired) electrons. The van der Waals surface area contributed by atoms with Crippen molar-refractivity contribution in [1.82, 2.24) is 10.6 Å². The average molecular weight is 228 g/mol. The molecule has 0 rings (SSSR count). The van der Waals surface area contributed by atoms with E-state index in [0.29, 0.717) is 17.4 Å². The van der Waals surface area contributed by atoms with Crippen LogP contribution in [0.1, 0.15) is 54.4 Å². The lowest BCUT2D eigenvalue weighted by Gasteiger charge is -2.39. The van der Waals surface area contributed by atoms with Gasteiger partial charge in [-0.15, -0.1) is 0 Å². The van der Waals surface area contributed by atoms with E-state index < -0.39 is 0 Å². The molecule has 0 aliphatic heterocycles. The summed E-state index contributed by atoms with van der Waals surface area (Å²) in [4.78, 5) is 11.1. The highest BCUT2D eigenvalue weighted by Gasteiger charge is 2.31. The van der Waals surface area contributed by atoms with Crippen LogP contribution in [-0.4, -0.2) is 19.1 Å². The van der Waals surface area contributed by atoms with Gasteiger partial charge < -0.3 is 10.6 Å². The van der Waals surface area contributed by atoms with Crippen LogP contribution in [0.15, 0.2) is 0 Å². The van der Waals surface area contributed by atoms with Crippen LogP contribution < -0.4 is 10.6 Å². The van der Waals surface area contributed by atoms with Crippen LogP contribution in [0.5, 0.6) is 0 Å². The highest BCUT2D eigenvalue weighted by molar-refractivity contribution is 5.73. The van der Waals surface area contributed by atoms with Crippen molar-refractivity contribution < 1.29 is 4.79 Å².